The molecule has 0 atom stereocenters. The highest BCUT2D eigenvalue weighted by Gasteiger charge is 2.35. The molecule has 4 aromatic rings. The van der Waals surface area contributed by atoms with Crippen LogP contribution in [-0.2, 0) is 5.54 Å². The Hall–Kier alpha value is -2.84. The Bertz CT molecular complexity index is 1280. The third-order valence-corrected chi connectivity index (χ3v) is 6.54. The molecule has 1 aromatic carbocycles. The SMILES string of the molecule is Cc1nc2c(F)cc(-c3ccn4nc(C5(N)CCC(N)CC5)ncc34)cc2n1C(C)C. The first kappa shape index (κ1) is 20.1. The van der Waals surface area contributed by atoms with Crippen molar-refractivity contribution >= 4 is 16.6 Å². The molecule has 0 amide bonds. The number of rotatable bonds is 3. The Balaban J connectivity index is 1.60. The molecule has 0 bridgehead atoms. The highest BCUT2D eigenvalue weighted by molar-refractivity contribution is 5.88. The Morgan fingerprint density at radius 3 is 2.65 bits per heavy atom. The molecule has 7 nitrogen and oxygen atoms in total. The van der Waals surface area contributed by atoms with Gasteiger partial charge >= 0.3 is 0 Å². The zero-order valence-corrected chi connectivity index (χ0v) is 18.1. The van der Waals surface area contributed by atoms with Crippen LogP contribution in [0.4, 0.5) is 4.39 Å². The summed E-state index contributed by atoms with van der Waals surface area (Å²) in [6, 6.07) is 5.86. The van der Waals surface area contributed by atoms with Crippen molar-refractivity contribution < 1.29 is 4.39 Å². The van der Waals surface area contributed by atoms with Crippen molar-refractivity contribution in [2.75, 3.05) is 0 Å². The number of nitrogens with two attached hydrogens (primary N) is 2. The Labute approximate surface area is 180 Å². The molecular formula is C23H28FN7. The van der Waals surface area contributed by atoms with Gasteiger partial charge in [0, 0.05) is 23.8 Å². The molecule has 5 rings (SSSR count). The van der Waals surface area contributed by atoms with Crippen molar-refractivity contribution in [3.05, 3.63) is 48.1 Å². The molecule has 1 aliphatic carbocycles. The van der Waals surface area contributed by atoms with Gasteiger partial charge in [0.1, 0.15) is 11.3 Å². The molecule has 0 radical (unpaired) electrons. The zero-order chi connectivity index (χ0) is 21.9. The third kappa shape index (κ3) is 3.21. The van der Waals surface area contributed by atoms with E-state index in [4.69, 9.17) is 16.6 Å². The van der Waals surface area contributed by atoms with Gasteiger partial charge in [-0.3, -0.25) is 0 Å². The van der Waals surface area contributed by atoms with Gasteiger partial charge in [-0.1, -0.05) is 0 Å². The number of aryl methyl sites for hydroxylation is 1. The van der Waals surface area contributed by atoms with Crippen molar-refractivity contribution in [2.24, 2.45) is 11.5 Å². The van der Waals surface area contributed by atoms with Crippen LogP contribution < -0.4 is 11.5 Å². The molecule has 1 aliphatic rings. The second kappa shape index (κ2) is 7.10. The number of fused-ring (bicyclic) bond motifs is 2. The third-order valence-electron chi connectivity index (χ3n) is 6.54. The minimum atomic E-state index is -0.555. The van der Waals surface area contributed by atoms with Gasteiger partial charge in [0.05, 0.1) is 22.8 Å². The van der Waals surface area contributed by atoms with E-state index in [2.05, 4.69) is 28.4 Å². The van der Waals surface area contributed by atoms with Gasteiger partial charge in [-0.15, -0.1) is 0 Å². The molecule has 0 spiro atoms. The minimum Gasteiger partial charge on any atom is -0.328 e. The van der Waals surface area contributed by atoms with Gasteiger partial charge in [0.2, 0.25) is 0 Å². The van der Waals surface area contributed by atoms with E-state index in [0.29, 0.717) is 11.3 Å². The molecule has 0 saturated heterocycles. The normalized spacial score (nSPS) is 22.1. The van der Waals surface area contributed by atoms with Gasteiger partial charge < -0.3 is 16.0 Å². The summed E-state index contributed by atoms with van der Waals surface area (Å²) in [4.78, 5) is 9.04. The molecule has 8 heteroatoms. The van der Waals surface area contributed by atoms with Crippen molar-refractivity contribution in [3.8, 4) is 11.1 Å². The van der Waals surface area contributed by atoms with Crippen molar-refractivity contribution in [3.63, 3.8) is 0 Å². The van der Waals surface area contributed by atoms with E-state index in [0.717, 1.165) is 53.7 Å². The van der Waals surface area contributed by atoms with Crippen LogP contribution in [0, 0.1) is 12.7 Å². The molecule has 1 fully saturated rings. The Kier molecular flexibility index (Phi) is 4.60. The minimum absolute atomic E-state index is 0.181. The average Bonchev–Trinajstić information content (AvgIpc) is 3.30. The second-order valence-electron chi connectivity index (χ2n) is 9.08. The summed E-state index contributed by atoms with van der Waals surface area (Å²) >= 11 is 0. The molecule has 31 heavy (non-hydrogen) atoms. The predicted molar refractivity (Wildman–Crippen MR) is 119 cm³/mol. The number of aromatic nitrogens is 5. The standard InChI is InChI=1S/C23H28FN7/c1-13(2)31-14(3)28-21-18(24)10-15(11-19(21)31)17-6-9-30-20(17)12-27-22(29-30)23(26)7-4-16(25)5-8-23/h6,9-13,16H,4-5,7-8,25-26H2,1-3H3. The van der Waals surface area contributed by atoms with Crippen LogP contribution in [0.2, 0.25) is 0 Å². The summed E-state index contributed by atoms with van der Waals surface area (Å²) < 4.78 is 18.8. The molecule has 4 N–H and O–H groups in total. The van der Waals surface area contributed by atoms with Crippen molar-refractivity contribution in [1.29, 1.82) is 0 Å². The number of hydrogen-bond acceptors (Lipinski definition) is 5. The molecule has 0 aliphatic heterocycles. The molecule has 0 unspecified atom stereocenters. The molecular weight excluding hydrogens is 393 g/mol. The topological polar surface area (TPSA) is 100 Å². The maximum absolute atomic E-state index is 14.9. The first-order valence-corrected chi connectivity index (χ1v) is 10.8. The number of benzene rings is 1. The van der Waals surface area contributed by atoms with E-state index in [-0.39, 0.29) is 17.9 Å². The summed E-state index contributed by atoms with van der Waals surface area (Å²) in [6.07, 6.45) is 6.95. The summed E-state index contributed by atoms with van der Waals surface area (Å²) in [5, 5.41) is 4.70. The van der Waals surface area contributed by atoms with Gasteiger partial charge in [0.25, 0.3) is 0 Å². The second-order valence-corrected chi connectivity index (χ2v) is 9.08. The number of hydrogen-bond donors (Lipinski definition) is 2. The van der Waals surface area contributed by atoms with Gasteiger partial charge in [-0.05, 0) is 70.2 Å². The lowest BCUT2D eigenvalue weighted by molar-refractivity contribution is 0.262. The van der Waals surface area contributed by atoms with E-state index >= 15 is 0 Å². The van der Waals surface area contributed by atoms with E-state index in [9.17, 15) is 4.39 Å². The Morgan fingerprint density at radius 2 is 1.94 bits per heavy atom. The van der Waals surface area contributed by atoms with Crippen LogP contribution in [0.5, 0.6) is 0 Å². The van der Waals surface area contributed by atoms with E-state index in [1.165, 1.54) is 6.07 Å². The monoisotopic (exact) mass is 421 g/mol. The first-order valence-electron chi connectivity index (χ1n) is 10.8. The fraction of sp³-hybridized carbons (Fsp3) is 0.435. The lowest BCUT2D eigenvalue weighted by Crippen LogP contribution is -2.45. The molecule has 162 valence electrons. The lowest BCUT2D eigenvalue weighted by Gasteiger charge is -2.34. The van der Waals surface area contributed by atoms with Crippen LogP contribution in [0.3, 0.4) is 0 Å². The van der Waals surface area contributed by atoms with Crippen LogP contribution in [0.25, 0.3) is 27.7 Å². The fourth-order valence-corrected chi connectivity index (χ4v) is 4.83. The van der Waals surface area contributed by atoms with Crippen LogP contribution in [0.15, 0.2) is 30.6 Å². The summed E-state index contributed by atoms with van der Waals surface area (Å²) in [7, 11) is 0. The van der Waals surface area contributed by atoms with E-state index in [1.54, 1.807) is 10.7 Å². The Morgan fingerprint density at radius 1 is 1.19 bits per heavy atom. The average molecular weight is 422 g/mol. The quantitative estimate of drug-likeness (QED) is 0.524. The maximum atomic E-state index is 14.9. The molecule has 3 heterocycles. The number of halogens is 1. The van der Waals surface area contributed by atoms with Crippen LogP contribution in [-0.4, -0.2) is 30.2 Å². The molecule has 1 saturated carbocycles. The lowest BCUT2D eigenvalue weighted by atomic mass is 9.80. The van der Waals surface area contributed by atoms with Crippen molar-refractivity contribution in [1.82, 2.24) is 24.1 Å². The summed E-state index contributed by atoms with van der Waals surface area (Å²) in [5.74, 6) is 1.10. The highest BCUT2D eigenvalue weighted by Crippen LogP contribution is 2.34. The summed E-state index contributed by atoms with van der Waals surface area (Å²) in [5.41, 5.74) is 15.8. The van der Waals surface area contributed by atoms with E-state index < -0.39 is 5.54 Å². The highest BCUT2D eigenvalue weighted by atomic mass is 19.1. The van der Waals surface area contributed by atoms with Gasteiger partial charge in [0.15, 0.2) is 11.6 Å². The van der Waals surface area contributed by atoms with Crippen LogP contribution >= 0.6 is 0 Å². The molecule has 3 aromatic heterocycles. The van der Waals surface area contributed by atoms with E-state index in [1.807, 2.05) is 25.3 Å². The largest absolute Gasteiger partial charge is 0.328 e. The number of nitrogens with zero attached hydrogens (tertiary/aromatic N) is 5. The maximum Gasteiger partial charge on any atom is 0.169 e. The fourth-order valence-electron chi connectivity index (χ4n) is 4.83. The predicted octanol–water partition coefficient (Wildman–Crippen LogP) is 3.83. The van der Waals surface area contributed by atoms with Gasteiger partial charge in [-0.2, -0.15) is 5.10 Å². The summed E-state index contributed by atoms with van der Waals surface area (Å²) in [6.45, 7) is 6.05. The number of imidazole rings is 1. The zero-order valence-electron chi connectivity index (χ0n) is 18.1. The van der Waals surface area contributed by atoms with Gasteiger partial charge in [-0.25, -0.2) is 18.9 Å². The van der Waals surface area contributed by atoms with Crippen LogP contribution in [0.1, 0.15) is 57.2 Å². The first-order chi connectivity index (χ1) is 14.8. The smallest absolute Gasteiger partial charge is 0.169 e. The van der Waals surface area contributed by atoms with Crippen molar-refractivity contribution in [2.45, 2.75) is 64.1 Å².